The molecule has 1 fully saturated rings. The van der Waals surface area contributed by atoms with Gasteiger partial charge in [0.05, 0.1) is 12.1 Å². The Balaban J connectivity index is 1.55. The molecule has 2 aromatic carbocycles. The smallest absolute Gasteiger partial charge is 0.0914 e. The van der Waals surface area contributed by atoms with E-state index in [1.54, 1.807) is 24.3 Å². The monoisotopic (exact) mass is 372 g/mol. The summed E-state index contributed by atoms with van der Waals surface area (Å²) in [5.41, 5.74) is 2.19. The highest BCUT2D eigenvalue weighted by Gasteiger charge is 2.23. The number of benzene rings is 2. The van der Waals surface area contributed by atoms with Crippen LogP contribution in [-0.2, 0) is 0 Å². The molecule has 4 nitrogen and oxygen atoms in total. The van der Waals surface area contributed by atoms with Crippen molar-refractivity contribution in [3.05, 3.63) is 70.2 Å². The molecule has 0 amide bonds. The molecule has 3 unspecified atom stereocenters. The number of carbonyl (C=O) groups excluding carboxylic acids is 1. The van der Waals surface area contributed by atoms with E-state index in [1.165, 1.54) is 0 Å². The van der Waals surface area contributed by atoms with Crippen LogP contribution in [-0.4, -0.2) is 23.7 Å². The van der Waals surface area contributed by atoms with Crippen molar-refractivity contribution in [2.75, 3.05) is 6.54 Å². The van der Waals surface area contributed by atoms with E-state index >= 15 is 0 Å². The van der Waals surface area contributed by atoms with Gasteiger partial charge in [-0.15, -0.1) is 0 Å². The van der Waals surface area contributed by atoms with Crippen LogP contribution in [0.3, 0.4) is 0 Å². The van der Waals surface area contributed by atoms with Crippen molar-refractivity contribution in [1.82, 2.24) is 5.32 Å². The van der Waals surface area contributed by atoms with E-state index in [-0.39, 0.29) is 5.56 Å². The molecule has 2 aromatic rings. The predicted octanol–water partition coefficient (Wildman–Crippen LogP) is 3.05. The number of hydrogen-bond donors (Lipinski definition) is 2. The molecule has 0 saturated heterocycles. The Kier molecular flexibility index (Phi) is 6.30. The zero-order chi connectivity index (χ0) is 18.5. The van der Waals surface area contributed by atoms with Gasteiger partial charge in [0.1, 0.15) is 0 Å². The molecule has 3 atom stereocenters. The Morgan fingerprint density at radius 3 is 2.69 bits per heavy atom. The molecule has 5 heteroatoms. The summed E-state index contributed by atoms with van der Waals surface area (Å²) in [6.45, 7) is 0.487. The zero-order valence-electron chi connectivity index (χ0n) is 14.5. The largest absolute Gasteiger partial charge is 0.545 e. The lowest BCUT2D eigenvalue weighted by atomic mass is 9.81. The number of aliphatic hydroxyl groups excluding tert-OH is 1. The van der Waals surface area contributed by atoms with Crippen LogP contribution < -0.4 is 10.4 Å². The van der Waals surface area contributed by atoms with Gasteiger partial charge in [-0.1, -0.05) is 54.4 Å². The van der Waals surface area contributed by atoms with Crippen LogP contribution in [0.5, 0.6) is 0 Å². The van der Waals surface area contributed by atoms with Gasteiger partial charge in [-0.2, -0.15) is 0 Å². The molecule has 0 aromatic heterocycles. The molecule has 0 heterocycles. The van der Waals surface area contributed by atoms with E-state index in [1.807, 2.05) is 24.3 Å². The first-order valence-electron chi connectivity index (χ1n) is 9.01. The standard InChI is InChI=1S/C21H24ClNO3/c22-18-5-1-4-17(11-18)20(24)13-23-19-6-2-3-16(12-19)14-7-9-15(10-8-14)21(25)26/h1,4-5,7-11,16,19-20,23-24H,2-3,6,12-13H2,(H,25,26)/p-1. The molecule has 1 aliphatic carbocycles. The molecule has 0 aliphatic heterocycles. The molecule has 1 aliphatic rings. The zero-order valence-corrected chi connectivity index (χ0v) is 15.3. The molecular weight excluding hydrogens is 350 g/mol. The summed E-state index contributed by atoms with van der Waals surface area (Å²) in [7, 11) is 0. The number of aliphatic hydroxyl groups is 1. The first-order valence-corrected chi connectivity index (χ1v) is 9.39. The number of hydrogen-bond acceptors (Lipinski definition) is 4. The van der Waals surface area contributed by atoms with Crippen LogP contribution in [0.25, 0.3) is 0 Å². The number of carbonyl (C=O) groups is 1. The first kappa shape index (κ1) is 18.9. The Morgan fingerprint density at radius 1 is 1.23 bits per heavy atom. The van der Waals surface area contributed by atoms with Crippen LogP contribution in [0.2, 0.25) is 5.02 Å². The molecule has 0 radical (unpaired) electrons. The predicted molar refractivity (Wildman–Crippen MR) is 100 cm³/mol. The number of rotatable bonds is 6. The second kappa shape index (κ2) is 8.67. The van der Waals surface area contributed by atoms with Gasteiger partial charge in [0, 0.05) is 17.6 Å². The van der Waals surface area contributed by atoms with Crippen LogP contribution in [0, 0.1) is 0 Å². The normalized spacial score (nSPS) is 21.3. The van der Waals surface area contributed by atoms with Crippen molar-refractivity contribution in [2.24, 2.45) is 0 Å². The van der Waals surface area contributed by atoms with E-state index in [2.05, 4.69) is 5.32 Å². The van der Waals surface area contributed by atoms with Gasteiger partial charge in [0.15, 0.2) is 0 Å². The van der Waals surface area contributed by atoms with E-state index < -0.39 is 12.1 Å². The minimum atomic E-state index is -1.14. The fourth-order valence-electron chi connectivity index (χ4n) is 3.68. The Morgan fingerprint density at radius 2 is 2.00 bits per heavy atom. The van der Waals surface area contributed by atoms with Gasteiger partial charge >= 0.3 is 0 Å². The summed E-state index contributed by atoms with van der Waals surface area (Å²) in [6.07, 6.45) is 3.68. The van der Waals surface area contributed by atoms with Gasteiger partial charge in [0.2, 0.25) is 0 Å². The second-order valence-electron chi connectivity index (χ2n) is 6.95. The average molecular weight is 373 g/mol. The lowest BCUT2D eigenvalue weighted by molar-refractivity contribution is -0.255. The van der Waals surface area contributed by atoms with Crippen molar-refractivity contribution in [1.29, 1.82) is 0 Å². The second-order valence-corrected chi connectivity index (χ2v) is 7.39. The number of carboxylic acid groups (broad SMARTS) is 1. The summed E-state index contributed by atoms with van der Waals surface area (Å²) in [5, 5.41) is 25.3. The summed E-state index contributed by atoms with van der Waals surface area (Å²) in [4.78, 5) is 10.9. The fourth-order valence-corrected chi connectivity index (χ4v) is 3.88. The Bertz CT molecular complexity index is 747. The van der Waals surface area contributed by atoms with E-state index in [0.717, 1.165) is 36.8 Å². The number of carboxylic acids is 1. The Labute approximate surface area is 158 Å². The highest BCUT2D eigenvalue weighted by Crippen LogP contribution is 2.33. The minimum absolute atomic E-state index is 0.212. The first-order chi connectivity index (χ1) is 12.5. The number of aromatic carboxylic acids is 1. The van der Waals surface area contributed by atoms with Crippen LogP contribution in [0.1, 0.15) is 59.2 Å². The van der Waals surface area contributed by atoms with Gasteiger partial charge in [-0.3, -0.25) is 0 Å². The topological polar surface area (TPSA) is 72.4 Å². The van der Waals surface area contributed by atoms with E-state index in [9.17, 15) is 15.0 Å². The van der Waals surface area contributed by atoms with Gasteiger partial charge < -0.3 is 20.3 Å². The van der Waals surface area contributed by atoms with Crippen molar-refractivity contribution in [2.45, 2.75) is 43.7 Å². The van der Waals surface area contributed by atoms with Gasteiger partial charge in [-0.25, -0.2) is 0 Å². The van der Waals surface area contributed by atoms with E-state index in [0.29, 0.717) is 23.5 Å². The highest BCUT2D eigenvalue weighted by atomic mass is 35.5. The van der Waals surface area contributed by atoms with Crippen LogP contribution in [0.4, 0.5) is 0 Å². The lowest BCUT2D eigenvalue weighted by Gasteiger charge is -2.31. The summed E-state index contributed by atoms with van der Waals surface area (Å²) in [6, 6.07) is 14.6. The van der Waals surface area contributed by atoms with E-state index in [4.69, 9.17) is 11.6 Å². The third-order valence-electron chi connectivity index (χ3n) is 5.13. The maximum Gasteiger partial charge on any atom is 0.0914 e. The SMILES string of the molecule is O=C([O-])c1ccc(C2CCCC(NCC(O)c3cccc(Cl)c3)C2)cc1. The van der Waals surface area contributed by atoms with Crippen LogP contribution >= 0.6 is 11.6 Å². The molecule has 2 N–H and O–H groups in total. The molecule has 0 bridgehead atoms. The van der Waals surface area contributed by atoms with Crippen molar-refractivity contribution >= 4 is 17.6 Å². The molecule has 1 saturated carbocycles. The number of nitrogens with one attached hydrogen (secondary N) is 1. The lowest BCUT2D eigenvalue weighted by Crippen LogP contribution is -2.36. The molecular formula is C21H23ClNO3-. The molecule has 0 spiro atoms. The molecule has 26 heavy (non-hydrogen) atoms. The van der Waals surface area contributed by atoms with Gasteiger partial charge in [-0.05, 0) is 54.0 Å². The van der Waals surface area contributed by atoms with Crippen molar-refractivity contribution in [3.63, 3.8) is 0 Å². The minimum Gasteiger partial charge on any atom is -0.545 e. The maximum atomic E-state index is 10.9. The van der Waals surface area contributed by atoms with Crippen molar-refractivity contribution in [3.8, 4) is 0 Å². The highest BCUT2D eigenvalue weighted by molar-refractivity contribution is 6.30. The van der Waals surface area contributed by atoms with Crippen molar-refractivity contribution < 1.29 is 15.0 Å². The van der Waals surface area contributed by atoms with Crippen LogP contribution in [0.15, 0.2) is 48.5 Å². The Hall–Kier alpha value is -1.88. The maximum absolute atomic E-state index is 10.9. The average Bonchev–Trinajstić information content (AvgIpc) is 2.66. The fraction of sp³-hybridized carbons (Fsp3) is 0.381. The summed E-state index contributed by atoms with van der Waals surface area (Å²) >= 11 is 5.98. The number of halogens is 1. The molecule has 138 valence electrons. The molecule has 3 rings (SSSR count). The quantitative estimate of drug-likeness (QED) is 0.817. The summed E-state index contributed by atoms with van der Waals surface area (Å²) in [5.74, 6) is -0.741. The van der Waals surface area contributed by atoms with Gasteiger partial charge in [0.25, 0.3) is 0 Å². The third kappa shape index (κ3) is 4.85. The summed E-state index contributed by atoms with van der Waals surface area (Å²) < 4.78 is 0. The third-order valence-corrected chi connectivity index (χ3v) is 5.36.